The molecule has 0 bridgehead atoms. The minimum absolute atomic E-state index is 0.403. The molecule has 0 aromatic rings. The van der Waals surface area contributed by atoms with E-state index in [4.69, 9.17) is 10.3 Å². The summed E-state index contributed by atoms with van der Waals surface area (Å²) in [5, 5.41) is 8.91. The third-order valence-corrected chi connectivity index (χ3v) is 3.24. The van der Waals surface area contributed by atoms with Gasteiger partial charge in [0, 0.05) is 19.3 Å². The highest BCUT2D eigenvalue weighted by molar-refractivity contribution is 5.84. The van der Waals surface area contributed by atoms with Crippen LogP contribution in [0.5, 0.6) is 0 Å². The first-order chi connectivity index (χ1) is 10.4. The summed E-state index contributed by atoms with van der Waals surface area (Å²) in [5.74, 6) is 1.28. The minimum Gasteiger partial charge on any atom is -0.356 e. The van der Waals surface area contributed by atoms with Gasteiger partial charge in [0.25, 0.3) is 0 Å². The van der Waals surface area contributed by atoms with Crippen molar-refractivity contribution in [2.75, 3.05) is 13.6 Å². The highest BCUT2D eigenvalue weighted by Crippen LogP contribution is 2.11. The SMILES string of the molecule is C=C/C(=C\CN(C)C(=C/C=C\C)/N=C(\C)C(C)C)C(=C)C#N. The summed E-state index contributed by atoms with van der Waals surface area (Å²) in [4.78, 5) is 6.72. The highest BCUT2D eigenvalue weighted by Gasteiger charge is 2.05. The Morgan fingerprint density at radius 2 is 2.05 bits per heavy atom. The molecule has 3 heteroatoms. The molecule has 0 aromatic heterocycles. The average molecular weight is 297 g/mol. The molecule has 0 radical (unpaired) electrons. The summed E-state index contributed by atoms with van der Waals surface area (Å²) in [6.45, 7) is 16.3. The summed E-state index contributed by atoms with van der Waals surface area (Å²) >= 11 is 0. The molecule has 0 aliphatic carbocycles. The molecule has 0 aromatic carbocycles. The number of hydrogen-bond donors (Lipinski definition) is 0. The summed E-state index contributed by atoms with van der Waals surface area (Å²) in [6.07, 6.45) is 9.50. The van der Waals surface area contributed by atoms with Gasteiger partial charge in [0.15, 0.2) is 0 Å². The van der Waals surface area contributed by atoms with Gasteiger partial charge < -0.3 is 4.90 Å². The Morgan fingerprint density at radius 3 is 2.50 bits per heavy atom. The fourth-order valence-electron chi connectivity index (χ4n) is 1.47. The van der Waals surface area contributed by atoms with E-state index in [0.717, 1.165) is 17.1 Å². The normalized spacial score (nSPS) is 13.4. The molecule has 0 spiro atoms. The molecule has 118 valence electrons. The molecule has 0 N–H and O–H groups in total. The van der Waals surface area contributed by atoms with E-state index in [1.807, 2.05) is 56.2 Å². The molecule has 0 unspecified atom stereocenters. The first kappa shape index (κ1) is 19.7. The first-order valence-corrected chi connectivity index (χ1v) is 7.38. The van der Waals surface area contributed by atoms with E-state index in [1.165, 1.54) is 0 Å². The van der Waals surface area contributed by atoms with E-state index in [-0.39, 0.29) is 0 Å². The fourth-order valence-corrected chi connectivity index (χ4v) is 1.47. The molecule has 3 nitrogen and oxygen atoms in total. The van der Waals surface area contributed by atoms with Gasteiger partial charge in [-0.1, -0.05) is 51.3 Å². The van der Waals surface area contributed by atoms with Crippen LogP contribution >= 0.6 is 0 Å². The molecule has 0 atom stereocenters. The molecular formula is C19H27N3. The monoisotopic (exact) mass is 297 g/mol. The maximum Gasteiger partial charge on any atom is 0.128 e. The van der Waals surface area contributed by atoms with Crippen molar-refractivity contribution in [3.05, 3.63) is 60.5 Å². The van der Waals surface area contributed by atoms with Crippen LogP contribution in [0, 0.1) is 17.2 Å². The van der Waals surface area contributed by atoms with E-state index in [1.54, 1.807) is 6.08 Å². The predicted molar refractivity (Wildman–Crippen MR) is 96.5 cm³/mol. The molecule has 0 aliphatic heterocycles. The topological polar surface area (TPSA) is 39.4 Å². The van der Waals surface area contributed by atoms with Gasteiger partial charge in [0.05, 0.1) is 11.6 Å². The molecule has 22 heavy (non-hydrogen) atoms. The van der Waals surface area contributed by atoms with Gasteiger partial charge in [-0.05, 0) is 31.4 Å². The van der Waals surface area contributed by atoms with E-state index < -0.39 is 0 Å². The zero-order chi connectivity index (χ0) is 17.1. The maximum atomic E-state index is 8.91. The third kappa shape index (κ3) is 6.90. The van der Waals surface area contributed by atoms with Crippen molar-refractivity contribution in [1.82, 2.24) is 4.90 Å². The van der Waals surface area contributed by atoms with Crippen molar-refractivity contribution >= 4 is 5.71 Å². The van der Waals surface area contributed by atoms with Crippen molar-refractivity contribution in [3.8, 4) is 6.07 Å². The van der Waals surface area contributed by atoms with Crippen LogP contribution in [-0.2, 0) is 0 Å². The number of nitriles is 1. The minimum atomic E-state index is 0.403. The van der Waals surface area contributed by atoms with Gasteiger partial charge in [-0.2, -0.15) is 5.26 Å². The summed E-state index contributed by atoms with van der Waals surface area (Å²) in [7, 11) is 1.97. The largest absolute Gasteiger partial charge is 0.356 e. The Hall–Kier alpha value is -2.34. The molecule has 0 fully saturated rings. The van der Waals surface area contributed by atoms with Crippen LogP contribution in [0.4, 0.5) is 0 Å². The lowest BCUT2D eigenvalue weighted by molar-refractivity contribution is 0.458. The lowest BCUT2D eigenvalue weighted by atomic mass is 10.1. The number of allylic oxidation sites excluding steroid dienone is 6. The van der Waals surface area contributed by atoms with Crippen LogP contribution in [0.3, 0.4) is 0 Å². The fraction of sp³-hybridized carbons (Fsp3) is 0.368. The average Bonchev–Trinajstić information content (AvgIpc) is 2.50. The van der Waals surface area contributed by atoms with E-state index in [9.17, 15) is 0 Å². The summed E-state index contributed by atoms with van der Waals surface area (Å²) in [5.41, 5.74) is 2.26. The number of rotatable bonds is 8. The van der Waals surface area contributed by atoms with Gasteiger partial charge in [-0.3, -0.25) is 0 Å². The zero-order valence-electron chi connectivity index (χ0n) is 14.4. The van der Waals surface area contributed by atoms with Crippen molar-refractivity contribution in [2.24, 2.45) is 10.9 Å². The Labute approximate surface area is 135 Å². The smallest absolute Gasteiger partial charge is 0.128 e. The van der Waals surface area contributed by atoms with Crippen LogP contribution in [0.2, 0.25) is 0 Å². The Bertz CT molecular complexity index is 552. The van der Waals surface area contributed by atoms with Crippen LogP contribution in [-0.4, -0.2) is 24.2 Å². The number of aliphatic imine (C=N–C) groups is 1. The Balaban J connectivity index is 5.32. The Morgan fingerprint density at radius 1 is 1.41 bits per heavy atom. The molecule has 0 saturated heterocycles. The van der Waals surface area contributed by atoms with Crippen LogP contribution in [0.1, 0.15) is 27.7 Å². The molecule has 0 amide bonds. The molecular weight excluding hydrogens is 270 g/mol. The van der Waals surface area contributed by atoms with E-state index >= 15 is 0 Å². The van der Waals surface area contributed by atoms with Gasteiger partial charge >= 0.3 is 0 Å². The number of likely N-dealkylation sites (N-methyl/N-ethyl adjacent to an activating group) is 1. The van der Waals surface area contributed by atoms with Gasteiger partial charge in [0.2, 0.25) is 0 Å². The lowest BCUT2D eigenvalue weighted by Gasteiger charge is -2.19. The van der Waals surface area contributed by atoms with Crippen LogP contribution in [0.25, 0.3) is 0 Å². The van der Waals surface area contributed by atoms with Crippen molar-refractivity contribution < 1.29 is 0 Å². The van der Waals surface area contributed by atoms with Gasteiger partial charge in [0.1, 0.15) is 5.82 Å². The second kappa shape index (κ2) is 10.4. The third-order valence-electron chi connectivity index (χ3n) is 3.24. The standard InChI is InChI=1S/C19H27N3/c1-8-10-11-19(21-17(6)15(3)4)22(7)13-12-18(9-2)16(5)14-20/h8-12,15H,2,5,13H2,1,3-4,6-7H3/b10-8-,18-12+,19-11+,21-17+. The number of hydrogen-bond acceptors (Lipinski definition) is 3. The molecule has 0 heterocycles. The highest BCUT2D eigenvalue weighted by atomic mass is 15.2. The van der Waals surface area contributed by atoms with Gasteiger partial charge in [-0.25, -0.2) is 4.99 Å². The quantitative estimate of drug-likeness (QED) is 0.372. The second-order valence-electron chi connectivity index (χ2n) is 5.29. The summed E-state index contributed by atoms with van der Waals surface area (Å²) in [6, 6.07) is 2.04. The van der Waals surface area contributed by atoms with E-state index in [2.05, 4.69) is 27.0 Å². The summed E-state index contributed by atoms with van der Waals surface area (Å²) < 4.78 is 0. The van der Waals surface area contributed by atoms with Crippen LogP contribution < -0.4 is 0 Å². The van der Waals surface area contributed by atoms with E-state index in [0.29, 0.717) is 18.0 Å². The molecule has 0 rings (SSSR count). The molecule has 0 aliphatic rings. The lowest BCUT2D eigenvalue weighted by Crippen LogP contribution is -2.18. The van der Waals surface area contributed by atoms with Crippen molar-refractivity contribution in [3.63, 3.8) is 0 Å². The molecule has 0 saturated carbocycles. The predicted octanol–water partition coefficient (Wildman–Crippen LogP) is 4.64. The number of nitrogens with zero attached hydrogens (tertiary/aromatic N) is 3. The Kier molecular flexibility index (Phi) is 9.29. The van der Waals surface area contributed by atoms with Crippen molar-refractivity contribution in [2.45, 2.75) is 27.7 Å². The van der Waals surface area contributed by atoms with Crippen LogP contribution in [0.15, 0.2) is 65.5 Å². The first-order valence-electron chi connectivity index (χ1n) is 7.38. The van der Waals surface area contributed by atoms with Crippen molar-refractivity contribution in [1.29, 1.82) is 5.26 Å². The zero-order valence-corrected chi connectivity index (χ0v) is 14.4. The van der Waals surface area contributed by atoms with Gasteiger partial charge in [-0.15, -0.1) is 0 Å². The maximum absolute atomic E-state index is 8.91. The second-order valence-corrected chi connectivity index (χ2v) is 5.29.